The van der Waals surface area contributed by atoms with Crippen molar-refractivity contribution in [3.63, 3.8) is 0 Å². The molecule has 0 aromatic carbocycles. The molecule has 0 spiro atoms. The van der Waals surface area contributed by atoms with Gasteiger partial charge in [-0.05, 0) is 32.6 Å². The third-order valence-electron chi connectivity index (χ3n) is 3.84. The summed E-state index contributed by atoms with van der Waals surface area (Å²) in [7, 11) is 0. The Morgan fingerprint density at radius 3 is 2.35 bits per heavy atom. The van der Waals surface area contributed by atoms with E-state index in [1.807, 2.05) is 0 Å². The van der Waals surface area contributed by atoms with Crippen LogP contribution in [0.25, 0.3) is 0 Å². The van der Waals surface area contributed by atoms with Crippen LogP contribution in [0.3, 0.4) is 0 Å². The molecule has 2 atom stereocenters. The van der Waals surface area contributed by atoms with Gasteiger partial charge in [-0.15, -0.1) is 0 Å². The molecule has 1 aliphatic carbocycles. The van der Waals surface area contributed by atoms with E-state index in [0.29, 0.717) is 5.92 Å². The highest BCUT2D eigenvalue weighted by Crippen LogP contribution is 2.25. The van der Waals surface area contributed by atoms with Crippen molar-refractivity contribution >= 4 is 5.97 Å². The molecule has 1 unspecified atom stereocenters. The molecule has 0 aromatic rings. The third-order valence-corrected chi connectivity index (χ3v) is 3.84. The van der Waals surface area contributed by atoms with Crippen molar-refractivity contribution < 1.29 is 15.0 Å². The van der Waals surface area contributed by atoms with Gasteiger partial charge in [0.05, 0.1) is 0 Å². The molecule has 0 bridgehead atoms. The van der Waals surface area contributed by atoms with Gasteiger partial charge < -0.3 is 15.5 Å². The first-order chi connectivity index (χ1) is 7.93. The van der Waals surface area contributed by atoms with Crippen LogP contribution in [0.5, 0.6) is 0 Å². The molecule has 1 saturated carbocycles. The SMILES string of the molecule is C[C@H](NCC(C)(O)C(=O)O)C1CCCCCC1. The largest absolute Gasteiger partial charge is 0.479 e. The van der Waals surface area contributed by atoms with E-state index < -0.39 is 11.6 Å². The molecule has 17 heavy (non-hydrogen) atoms. The lowest BCUT2D eigenvalue weighted by Gasteiger charge is -2.27. The number of carboxylic acids is 1. The number of aliphatic carboxylic acids is 1. The zero-order valence-electron chi connectivity index (χ0n) is 10.9. The first kappa shape index (κ1) is 14.5. The molecule has 1 rings (SSSR count). The standard InChI is InChI=1S/C13H25NO3/c1-10(11-7-5-3-4-6-8-11)14-9-13(2,17)12(15)16/h10-11,14,17H,3-9H2,1-2H3,(H,15,16)/t10-,13?/m0/s1. The van der Waals surface area contributed by atoms with Gasteiger partial charge in [0, 0.05) is 12.6 Å². The summed E-state index contributed by atoms with van der Waals surface area (Å²) < 4.78 is 0. The molecule has 1 aliphatic rings. The van der Waals surface area contributed by atoms with Gasteiger partial charge in [-0.1, -0.05) is 25.7 Å². The van der Waals surface area contributed by atoms with E-state index in [2.05, 4.69) is 12.2 Å². The minimum Gasteiger partial charge on any atom is -0.479 e. The molecule has 100 valence electrons. The first-order valence-electron chi connectivity index (χ1n) is 6.62. The third kappa shape index (κ3) is 4.64. The Hall–Kier alpha value is -0.610. The highest BCUT2D eigenvalue weighted by molar-refractivity contribution is 5.76. The van der Waals surface area contributed by atoms with Crippen molar-refractivity contribution in [1.82, 2.24) is 5.32 Å². The van der Waals surface area contributed by atoms with E-state index in [0.717, 1.165) is 0 Å². The van der Waals surface area contributed by atoms with Crippen LogP contribution < -0.4 is 5.32 Å². The Morgan fingerprint density at radius 1 is 1.35 bits per heavy atom. The van der Waals surface area contributed by atoms with Gasteiger partial charge in [0.15, 0.2) is 5.60 Å². The molecule has 0 saturated heterocycles. The zero-order valence-corrected chi connectivity index (χ0v) is 10.9. The van der Waals surface area contributed by atoms with Crippen LogP contribution in [-0.4, -0.2) is 34.4 Å². The maximum atomic E-state index is 10.8. The fourth-order valence-electron chi connectivity index (χ4n) is 2.41. The van der Waals surface area contributed by atoms with Crippen molar-refractivity contribution in [3.8, 4) is 0 Å². The van der Waals surface area contributed by atoms with E-state index in [-0.39, 0.29) is 12.6 Å². The van der Waals surface area contributed by atoms with Crippen LogP contribution in [0.1, 0.15) is 52.4 Å². The van der Waals surface area contributed by atoms with Gasteiger partial charge in [-0.3, -0.25) is 0 Å². The minimum atomic E-state index is -1.67. The normalized spacial score (nSPS) is 23.7. The second-order valence-electron chi connectivity index (χ2n) is 5.50. The van der Waals surface area contributed by atoms with Crippen molar-refractivity contribution in [3.05, 3.63) is 0 Å². The lowest BCUT2D eigenvalue weighted by molar-refractivity contribution is -0.156. The molecule has 1 fully saturated rings. The Morgan fingerprint density at radius 2 is 1.88 bits per heavy atom. The van der Waals surface area contributed by atoms with Crippen molar-refractivity contribution in [1.29, 1.82) is 0 Å². The molecular weight excluding hydrogens is 218 g/mol. The topological polar surface area (TPSA) is 69.6 Å². The van der Waals surface area contributed by atoms with Crippen LogP contribution >= 0.6 is 0 Å². The fourth-order valence-corrected chi connectivity index (χ4v) is 2.41. The summed E-state index contributed by atoms with van der Waals surface area (Å²) >= 11 is 0. The second kappa shape index (κ2) is 6.36. The summed E-state index contributed by atoms with van der Waals surface area (Å²) in [5.74, 6) is -0.555. The summed E-state index contributed by atoms with van der Waals surface area (Å²) in [5, 5.41) is 21.6. The monoisotopic (exact) mass is 243 g/mol. The Balaban J connectivity index is 2.37. The summed E-state index contributed by atoms with van der Waals surface area (Å²) in [6, 6.07) is 0.277. The first-order valence-corrected chi connectivity index (χ1v) is 6.62. The van der Waals surface area contributed by atoms with Crippen LogP contribution in [-0.2, 0) is 4.79 Å². The molecule has 0 radical (unpaired) electrons. The Kier molecular flexibility index (Phi) is 5.40. The molecule has 0 heterocycles. The Labute approximate surface area is 103 Å². The van der Waals surface area contributed by atoms with Gasteiger partial charge in [-0.2, -0.15) is 0 Å². The average Bonchev–Trinajstić information content (AvgIpc) is 2.54. The fraction of sp³-hybridized carbons (Fsp3) is 0.923. The lowest BCUT2D eigenvalue weighted by Crippen LogP contribution is -2.48. The molecule has 4 nitrogen and oxygen atoms in total. The van der Waals surface area contributed by atoms with E-state index >= 15 is 0 Å². The van der Waals surface area contributed by atoms with E-state index in [4.69, 9.17) is 5.11 Å². The number of carboxylic acid groups (broad SMARTS) is 1. The molecule has 3 N–H and O–H groups in total. The smallest absolute Gasteiger partial charge is 0.336 e. The van der Waals surface area contributed by atoms with Gasteiger partial charge in [0.25, 0.3) is 0 Å². The predicted octanol–water partition coefficient (Wildman–Crippen LogP) is 1.77. The van der Waals surface area contributed by atoms with Crippen LogP contribution in [0.4, 0.5) is 0 Å². The summed E-state index contributed by atoms with van der Waals surface area (Å²) in [4.78, 5) is 10.8. The van der Waals surface area contributed by atoms with Gasteiger partial charge >= 0.3 is 5.97 Å². The molecule has 0 aromatic heterocycles. The summed E-state index contributed by atoms with van der Waals surface area (Å²) in [5.41, 5.74) is -1.67. The van der Waals surface area contributed by atoms with Crippen molar-refractivity contribution in [2.75, 3.05) is 6.54 Å². The highest BCUT2D eigenvalue weighted by Gasteiger charge is 2.31. The number of hydrogen-bond acceptors (Lipinski definition) is 3. The van der Waals surface area contributed by atoms with Gasteiger partial charge in [0.2, 0.25) is 0 Å². The number of aliphatic hydroxyl groups is 1. The molecule has 0 aliphatic heterocycles. The number of carbonyl (C=O) groups is 1. The van der Waals surface area contributed by atoms with Gasteiger partial charge in [-0.25, -0.2) is 4.79 Å². The van der Waals surface area contributed by atoms with Crippen LogP contribution in [0.2, 0.25) is 0 Å². The van der Waals surface area contributed by atoms with E-state index in [1.54, 1.807) is 0 Å². The summed E-state index contributed by atoms with van der Waals surface area (Å²) in [6.07, 6.45) is 7.59. The zero-order chi connectivity index (χ0) is 12.9. The molecular formula is C13H25NO3. The van der Waals surface area contributed by atoms with Crippen molar-refractivity contribution in [2.24, 2.45) is 5.92 Å². The highest BCUT2D eigenvalue weighted by atomic mass is 16.4. The van der Waals surface area contributed by atoms with Gasteiger partial charge in [0.1, 0.15) is 0 Å². The number of nitrogens with one attached hydrogen (secondary N) is 1. The lowest BCUT2D eigenvalue weighted by atomic mass is 9.92. The Bertz CT molecular complexity index is 245. The van der Waals surface area contributed by atoms with E-state index in [1.165, 1.54) is 45.4 Å². The number of hydrogen-bond donors (Lipinski definition) is 3. The quantitative estimate of drug-likeness (QED) is 0.644. The van der Waals surface area contributed by atoms with Crippen molar-refractivity contribution in [2.45, 2.75) is 64.0 Å². The predicted molar refractivity (Wildman–Crippen MR) is 66.9 cm³/mol. The average molecular weight is 243 g/mol. The number of rotatable bonds is 5. The second-order valence-corrected chi connectivity index (χ2v) is 5.50. The van der Waals surface area contributed by atoms with E-state index in [9.17, 15) is 9.90 Å². The molecule has 4 heteroatoms. The molecule has 0 amide bonds. The van der Waals surface area contributed by atoms with Crippen LogP contribution in [0, 0.1) is 5.92 Å². The maximum absolute atomic E-state index is 10.8. The van der Waals surface area contributed by atoms with Crippen LogP contribution in [0.15, 0.2) is 0 Å². The minimum absolute atomic E-state index is 0.111. The maximum Gasteiger partial charge on any atom is 0.336 e. The summed E-state index contributed by atoms with van der Waals surface area (Å²) in [6.45, 7) is 3.54.